The Morgan fingerprint density at radius 2 is 1.95 bits per heavy atom. The average molecular weight is 273 g/mol. The molecule has 1 amide bonds. The normalized spacial score (nSPS) is 24.1. The Morgan fingerprint density at radius 3 is 2.60 bits per heavy atom. The van der Waals surface area contributed by atoms with E-state index in [-0.39, 0.29) is 11.8 Å². The predicted molar refractivity (Wildman–Crippen MR) is 83.7 cm³/mol. The zero-order valence-corrected chi connectivity index (χ0v) is 12.8. The molecule has 0 heterocycles. The fourth-order valence-corrected chi connectivity index (χ4v) is 3.24. The van der Waals surface area contributed by atoms with Crippen molar-refractivity contribution in [2.45, 2.75) is 64.3 Å². The van der Waals surface area contributed by atoms with E-state index < -0.39 is 0 Å². The van der Waals surface area contributed by atoms with Gasteiger partial charge in [0.25, 0.3) is 0 Å². The van der Waals surface area contributed by atoms with Gasteiger partial charge < -0.3 is 5.32 Å². The van der Waals surface area contributed by atoms with Crippen molar-refractivity contribution in [2.24, 2.45) is 5.92 Å². The van der Waals surface area contributed by atoms with E-state index in [1.165, 1.54) is 19.3 Å². The van der Waals surface area contributed by atoms with Crippen LogP contribution in [0.2, 0.25) is 0 Å². The van der Waals surface area contributed by atoms with Crippen LogP contribution >= 0.6 is 0 Å². The van der Waals surface area contributed by atoms with Crippen molar-refractivity contribution < 1.29 is 4.79 Å². The van der Waals surface area contributed by atoms with Crippen LogP contribution < -0.4 is 5.32 Å². The van der Waals surface area contributed by atoms with Gasteiger partial charge in [-0.05, 0) is 30.7 Å². The fraction of sp³-hybridized carbons (Fsp3) is 0.611. The minimum absolute atomic E-state index is 0.00956. The molecule has 20 heavy (non-hydrogen) atoms. The topological polar surface area (TPSA) is 29.1 Å². The highest BCUT2D eigenvalue weighted by atomic mass is 16.1. The molecule has 0 bridgehead atoms. The summed E-state index contributed by atoms with van der Waals surface area (Å²) in [5.41, 5.74) is 1.15. The zero-order chi connectivity index (χ0) is 14.4. The maximum atomic E-state index is 12.6. The molecule has 1 aromatic carbocycles. The lowest BCUT2D eigenvalue weighted by Crippen LogP contribution is -2.43. The first-order valence-corrected chi connectivity index (χ1v) is 8.07. The van der Waals surface area contributed by atoms with Gasteiger partial charge in [-0.1, -0.05) is 63.4 Å². The standard InChI is InChI=1S/C18H27NO/c1-3-9-16(15-11-5-4-6-12-15)18(20)19-17-13-8-7-10-14(17)2/h4-6,11-12,14,16-17H,3,7-10,13H2,1-2H3,(H,19,20). The van der Waals surface area contributed by atoms with Crippen LogP contribution in [0.4, 0.5) is 0 Å². The second-order valence-corrected chi connectivity index (χ2v) is 6.13. The largest absolute Gasteiger partial charge is 0.353 e. The number of nitrogens with one attached hydrogen (secondary N) is 1. The van der Waals surface area contributed by atoms with E-state index in [0.29, 0.717) is 12.0 Å². The lowest BCUT2D eigenvalue weighted by atomic mass is 9.85. The van der Waals surface area contributed by atoms with Gasteiger partial charge in [0.15, 0.2) is 0 Å². The van der Waals surface area contributed by atoms with Gasteiger partial charge in [0.1, 0.15) is 0 Å². The molecule has 1 N–H and O–H groups in total. The number of hydrogen-bond donors (Lipinski definition) is 1. The summed E-state index contributed by atoms with van der Waals surface area (Å²) in [6.07, 6.45) is 6.91. The van der Waals surface area contributed by atoms with Gasteiger partial charge >= 0.3 is 0 Å². The Bertz CT molecular complexity index is 415. The van der Waals surface area contributed by atoms with Crippen LogP contribution in [0.5, 0.6) is 0 Å². The molecule has 2 nitrogen and oxygen atoms in total. The first kappa shape index (κ1) is 15.1. The number of amides is 1. The Hall–Kier alpha value is -1.31. The summed E-state index contributed by atoms with van der Waals surface area (Å²) in [4.78, 5) is 12.6. The summed E-state index contributed by atoms with van der Waals surface area (Å²) in [6.45, 7) is 4.41. The number of benzene rings is 1. The van der Waals surface area contributed by atoms with Crippen molar-refractivity contribution in [1.82, 2.24) is 5.32 Å². The van der Waals surface area contributed by atoms with E-state index >= 15 is 0 Å². The summed E-state index contributed by atoms with van der Waals surface area (Å²) >= 11 is 0. The SMILES string of the molecule is CCCC(C(=O)NC1CCCCC1C)c1ccccc1. The van der Waals surface area contributed by atoms with Gasteiger partial charge in [0.2, 0.25) is 5.91 Å². The Kier molecular flexibility index (Phi) is 5.63. The minimum atomic E-state index is 0.00956. The fourth-order valence-electron chi connectivity index (χ4n) is 3.24. The van der Waals surface area contributed by atoms with Crippen molar-refractivity contribution >= 4 is 5.91 Å². The lowest BCUT2D eigenvalue weighted by molar-refractivity contribution is -0.124. The van der Waals surface area contributed by atoms with Crippen molar-refractivity contribution in [1.29, 1.82) is 0 Å². The molecule has 3 atom stereocenters. The third kappa shape index (κ3) is 3.84. The highest BCUT2D eigenvalue weighted by Crippen LogP contribution is 2.26. The molecule has 2 heteroatoms. The van der Waals surface area contributed by atoms with Crippen molar-refractivity contribution in [3.8, 4) is 0 Å². The average Bonchev–Trinajstić information content (AvgIpc) is 2.48. The summed E-state index contributed by atoms with van der Waals surface area (Å²) in [5, 5.41) is 3.31. The molecule has 0 radical (unpaired) electrons. The van der Waals surface area contributed by atoms with Crippen LogP contribution in [-0.4, -0.2) is 11.9 Å². The first-order valence-electron chi connectivity index (χ1n) is 8.07. The van der Waals surface area contributed by atoms with Crippen LogP contribution in [0, 0.1) is 5.92 Å². The molecule has 0 saturated heterocycles. The van der Waals surface area contributed by atoms with Gasteiger partial charge in [0, 0.05) is 6.04 Å². The molecule has 1 aromatic rings. The zero-order valence-electron chi connectivity index (χ0n) is 12.8. The highest BCUT2D eigenvalue weighted by Gasteiger charge is 2.26. The monoisotopic (exact) mass is 273 g/mol. The molecule has 110 valence electrons. The van der Waals surface area contributed by atoms with Crippen LogP contribution in [0.25, 0.3) is 0 Å². The van der Waals surface area contributed by atoms with Gasteiger partial charge in [-0.3, -0.25) is 4.79 Å². The Morgan fingerprint density at radius 1 is 1.25 bits per heavy atom. The number of rotatable bonds is 5. The summed E-state index contributed by atoms with van der Waals surface area (Å²) in [6, 6.07) is 10.6. The van der Waals surface area contributed by atoms with Crippen LogP contribution in [-0.2, 0) is 4.79 Å². The highest BCUT2D eigenvalue weighted by molar-refractivity contribution is 5.83. The van der Waals surface area contributed by atoms with E-state index in [2.05, 4.69) is 31.3 Å². The van der Waals surface area contributed by atoms with E-state index in [4.69, 9.17) is 0 Å². The van der Waals surface area contributed by atoms with Crippen LogP contribution in [0.3, 0.4) is 0 Å². The summed E-state index contributed by atoms with van der Waals surface area (Å²) in [5.74, 6) is 0.845. The van der Waals surface area contributed by atoms with Crippen molar-refractivity contribution in [3.05, 3.63) is 35.9 Å². The second kappa shape index (κ2) is 7.47. The first-order chi connectivity index (χ1) is 9.72. The van der Waals surface area contributed by atoms with Gasteiger partial charge in [0.05, 0.1) is 5.92 Å². The molecular weight excluding hydrogens is 246 g/mol. The second-order valence-electron chi connectivity index (χ2n) is 6.13. The van der Waals surface area contributed by atoms with Gasteiger partial charge in [-0.2, -0.15) is 0 Å². The minimum Gasteiger partial charge on any atom is -0.353 e. The Balaban J connectivity index is 2.03. The van der Waals surface area contributed by atoms with E-state index in [9.17, 15) is 4.79 Å². The smallest absolute Gasteiger partial charge is 0.227 e. The van der Waals surface area contributed by atoms with Crippen molar-refractivity contribution in [2.75, 3.05) is 0 Å². The molecular formula is C18H27NO. The quantitative estimate of drug-likeness (QED) is 0.853. The van der Waals surface area contributed by atoms with Crippen molar-refractivity contribution in [3.63, 3.8) is 0 Å². The number of hydrogen-bond acceptors (Lipinski definition) is 1. The molecule has 1 aliphatic rings. The maximum absolute atomic E-state index is 12.6. The predicted octanol–water partition coefficient (Wildman–Crippen LogP) is 4.27. The number of carbonyl (C=O) groups is 1. The molecule has 1 saturated carbocycles. The molecule has 2 rings (SSSR count). The third-order valence-corrected chi connectivity index (χ3v) is 4.53. The van der Waals surface area contributed by atoms with Crippen LogP contribution in [0.15, 0.2) is 30.3 Å². The van der Waals surface area contributed by atoms with E-state index in [1.807, 2.05) is 18.2 Å². The molecule has 1 fully saturated rings. The number of carbonyl (C=O) groups excluding carboxylic acids is 1. The summed E-state index contributed by atoms with van der Waals surface area (Å²) in [7, 11) is 0. The van der Waals surface area contributed by atoms with E-state index in [1.54, 1.807) is 0 Å². The van der Waals surface area contributed by atoms with Gasteiger partial charge in [-0.25, -0.2) is 0 Å². The third-order valence-electron chi connectivity index (χ3n) is 4.53. The molecule has 3 unspecified atom stereocenters. The van der Waals surface area contributed by atoms with Gasteiger partial charge in [-0.15, -0.1) is 0 Å². The maximum Gasteiger partial charge on any atom is 0.227 e. The molecule has 0 aliphatic heterocycles. The molecule has 1 aliphatic carbocycles. The van der Waals surface area contributed by atoms with Crippen LogP contribution in [0.1, 0.15) is 63.9 Å². The summed E-state index contributed by atoms with van der Waals surface area (Å²) < 4.78 is 0. The lowest BCUT2D eigenvalue weighted by Gasteiger charge is -2.31. The Labute approximate surface area is 123 Å². The molecule has 0 aromatic heterocycles. The van der Waals surface area contributed by atoms with E-state index in [0.717, 1.165) is 24.8 Å². The molecule has 0 spiro atoms.